The number of fused-ring (bicyclic) bond motifs is 3. The molecule has 0 atom stereocenters. The van der Waals surface area contributed by atoms with Crippen LogP contribution in [0.1, 0.15) is 27.7 Å². The standard InChI is InChI=1S/C18H18BFO3/c1-17(2)18(3,4)23-19(22-17)12-9-10-13(20)15-11-7-5-6-8-14(11)21-16(12)15/h5-10H,1-4H3. The summed E-state index contributed by atoms with van der Waals surface area (Å²) in [5.74, 6) is -0.301. The summed E-state index contributed by atoms with van der Waals surface area (Å²) >= 11 is 0. The Morgan fingerprint density at radius 3 is 2.26 bits per heavy atom. The number of halogens is 1. The van der Waals surface area contributed by atoms with Gasteiger partial charge < -0.3 is 13.7 Å². The predicted molar refractivity (Wildman–Crippen MR) is 89.4 cm³/mol. The molecule has 2 aromatic carbocycles. The molecule has 0 unspecified atom stereocenters. The Morgan fingerprint density at radius 2 is 1.57 bits per heavy atom. The van der Waals surface area contributed by atoms with E-state index in [2.05, 4.69) is 0 Å². The molecule has 0 amide bonds. The molecule has 0 N–H and O–H groups in total. The van der Waals surface area contributed by atoms with E-state index in [1.54, 1.807) is 6.07 Å². The van der Waals surface area contributed by atoms with E-state index in [1.165, 1.54) is 6.07 Å². The highest BCUT2D eigenvalue weighted by Gasteiger charge is 2.52. The van der Waals surface area contributed by atoms with E-state index in [0.717, 1.165) is 10.8 Å². The highest BCUT2D eigenvalue weighted by molar-refractivity contribution is 6.65. The smallest absolute Gasteiger partial charge is 0.456 e. The summed E-state index contributed by atoms with van der Waals surface area (Å²) in [7, 11) is -0.580. The molecule has 0 saturated carbocycles. The van der Waals surface area contributed by atoms with Crippen molar-refractivity contribution in [3.8, 4) is 0 Å². The van der Waals surface area contributed by atoms with E-state index in [1.807, 2.05) is 52.0 Å². The summed E-state index contributed by atoms with van der Waals surface area (Å²) in [4.78, 5) is 0. The van der Waals surface area contributed by atoms with Gasteiger partial charge in [-0.25, -0.2) is 4.39 Å². The average molecular weight is 312 g/mol. The lowest BCUT2D eigenvalue weighted by atomic mass is 9.78. The van der Waals surface area contributed by atoms with Crippen molar-refractivity contribution in [1.29, 1.82) is 0 Å². The third-order valence-corrected chi connectivity index (χ3v) is 5.01. The molecular formula is C18H18BFO3. The molecule has 0 aliphatic carbocycles. The Labute approximate surface area is 134 Å². The second-order valence-corrected chi connectivity index (χ2v) is 7.03. The Kier molecular flexibility index (Phi) is 2.94. The van der Waals surface area contributed by atoms with Crippen LogP contribution in [0.3, 0.4) is 0 Å². The highest BCUT2D eigenvalue weighted by atomic mass is 19.1. The molecule has 4 rings (SSSR count). The van der Waals surface area contributed by atoms with Gasteiger partial charge in [-0.2, -0.15) is 0 Å². The fraction of sp³-hybridized carbons (Fsp3) is 0.333. The van der Waals surface area contributed by atoms with Gasteiger partial charge in [0.25, 0.3) is 0 Å². The van der Waals surface area contributed by atoms with Gasteiger partial charge in [-0.15, -0.1) is 0 Å². The van der Waals surface area contributed by atoms with Crippen LogP contribution in [-0.4, -0.2) is 18.3 Å². The summed E-state index contributed by atoms with van der Waals surface area (Å²) in [6, 6.07) is 10.6. The molecule has 0 spiro atoms. The van der Waals surface area contributed by atoms with Crippen molar-refractivity contribution in [3.05, 3.63) is 42.2 Å². The Bertz CT molecular complexity index is 897. The van der Waals surface area contributed by atoms with Crippen molar-refractivity contribution in [1.82, 2.24) is 0 Å². The maximum Gasteiger partial charge on any atom is 0.498 e. The average Bonchev–Trinajstić information content (AvgIpc) is 2.95. The Morgan fingerprint density at radius 1 is 0.913 bits per heavy atom. The van der Waals surface area contributed by atoms with Crippen molar-refractivity contribution < 1.29 is 18.1 Å². The summed E-state index contributed by atoms with van der Waals surface area (Å²) in [5, 5.41) is 1.24. The second-order valence-electron chi connectivity index (χ2n) is 7.03. The molecule has 23 heavy (non-hydrogen) atoms. The number of benzene rings is 2. The zero-order valence-corrected chi connectivity index (χ0v) is 13.6. The van der Waals surface area contributed by atoms with Crippen LogP contribution in [0.2, 0.25) is 0 Å². The first kappa shape index (κ1) is 14.7. The zero-order chi connectivity index (χ0) is 16.4. The van der Waals surface area contributed by atoms with Crippen molar-refractivity contribution in [2.24, 2.45) is 0 Å². The largest absolute Gasteiger partial charge is 0.498 e. The van der Waals surface area contributed by atoms with E-state index in [9.17, 15) is 4.39 Å². The van der Waals surface area contributed by atoms with Gasteiger partial charge in [-0.05, 0) is 39.8 Å². The van der Waals surface area contributed by atoms with E-state index >= 15 is 0 Å². The summed E-state index contributed by atoms with van der Waals surface area (Å²) in [6.07, 6.45) is 0. The van der Waals surface area contributed by atoms with Crippen LogP contribution in [0.25, 0.3) is 21.9 Å². The predicted octanol–water partition coefficient (Wildman–Crippen LogP) is 4.02. The van der Waals surface area contributed by atoms with Gasteiger partial charge in [-0.3, -0.25) is 0 Å². The van der Waals surface area contributed by atoms with E-state index in [-0.39, 0.29) is 5.82 Å². The van der Waals surface area contributed by atoms with Gasteiger partial charge in [0.1, 0.15) is 17.0 Å². The molecular weight excluding hydrogens is 294 g/mol. The molecule has 1 aromatic heterocycles. The van der Waals surface area contributed by atoms with Gasteiger partial charge >= 0.3 is 7.12 Å². The third-order valence-electron chi connectivity index (χ3n) is 5.01. The lowest BCUT2D eigenvalue weighted by Gasteiger charge is -2.32. The van der Waals surface area contributed by atoms with Crippen LogP contribution in [-0.2, 0) is 9.31 Å². The fourth-order valence-electron chi connectivity index (χ4n) is 2.96. The molecule has 1 saturated heterocycles. The molecule has 1 aliphatic rings. The minimum Gasteiger partial charge on any atom is -0.456 e. The van der Waals surface area contributed by atoms with Gasteiger partial charge in [0.05, 0.1) is 16.6 Å². The normalized spacial score (nSPS) is 19.8. The van der Waals surface area contributed by atoms with Crippen LogP contribution in [0, 0.1) is 5.82 Å². The monoisotopic (exact) mass is 312 g/mol. The van der Waals surface area contributed by atoms with E-state index in [4.69, 9.17) is 13.7 Å². The van der Waals surface area contributed by atoms with Crippen molar-refractivity contribution in [3.63, 3.8) is 0 Å². The zero-order valence-electron chi connectivity index (χ0n) is 13.6. The third kappa shape index (κ3) is 2.03. The van der Waals surface area contributed by atoms with Crippen LogP contribution in [0.15, 0.2) is 40.8 Å². The van der Waals surface area contributed by atoms with E-state index in [0.29, 0.717) is 16.6 Å². The molecule has 2 heterocycles. The van der Waals surface area contributed by atoms with Crippen LogP contribution >= 0.6 is 0 Å². The van der Waals surface area contributed by atoms with Gasteiger partial charge in [-0.1, -0.05) is 24.3 Å². The molecule has 0 radical (unpaired) electrons. The topological polar surface area (TPSA) is 31.6 Å². The van der Waals surface area contributed by atoms with Crippen molar-refractivity contribution in [2.75, 3.05) is 0 Å². The molecule has 5 heteroatoms. The van der Waals surface area contributed by atoms with Gasteiger partial charge in [0, 0.05) is 10.8 Å². The first-order valence-electron chi connectivity index (χ1n) is 7.75. The molecule has 3 aromatic rings. The number of furan rings is 1. The second kappa shape index (κ2) is 4.59. The van der Waals surface area contributed by atoms with Gasteiger partial charge in [0.2, 0.25) is 0 Å². The highest BCUT2D eigenvalue weighted by Crippen LogP contribution is 2.38. The minimum absolute atomic E-state index is 0.301. The molecule has 1 aliphatic heterocycles. The molecule has 3 nitrogen and oxygen atoms in total. The van der Waals surface area contributed by atoms with Gasteiger partial charge in [0.15, 0.2) is 0 Å². The summed E-state index contributed by atoms with van der Waals surface area (Å²) in [6.45, 7) is 7.97. The van der Waals surface area contributed by atoms with Crippen LogP contribution < -0.4 is 5.46 Å². The Hall–Kier alpha value is -1.85. The van der Waals surface area contributed by atoms with Crippen molar-refractivity contribution in [2.45, 2.75) is 38.9 Å². The molecule has 1 fully saturated rings. The first-order chi connectivity index (χ1) is 10.8. The quantitative estimate of drug-likeness (QED) is 0.636. The lowest BCUT2D eigenvalue weighted by Crippen LogP contribution is -2.41. The summed E-state index contributed by atoms with van der Waals surface area (Å²) in [5.41, 5.74) is 0.959. The molecule has 118 valence electrons. The maximum atomic E-state index is 14.4. The van der Waals surface area contributed by atoms with Crippen LogP contribution in [0.4, 0.5) is 4.39 Å². The Balaban J connectivity index is 1.94. The van der Waals surface area contributed by atoms with Crippen LogP contribution in [0.5, 0.6) is 0 Å². The fourth-order valence-corrected chi connectivity index (χ4v) is 2.96. The van der Waals surface area contributed by atoms with E-state index < -0.39 is 18.3 Å². The number of hydrogen-bond donors (Lipinski definition) is 0. The summed E-state index contributed by atoms with van der Waals surface area (Å²) < 4.78 is 32.5. The number of rotatable bonds is 1. The SMILES string of the molecule is CC1(C)OB(c2ccc(F)c3c2oc2ccccc23)OC1(C)C. The number of para-hydroxylation sites is 1. The van der Waals surface area contributed by atoms with Crippen molar-refractivity contribution >= 4 is 34.5 Å². The maximum absolute atomic E-state index is 14.4. The molecule has 0 bridgehead atoms. The lowest BCUT2D eigenvalue weighted by molar-refractivity contribution is 0.00578. The minimum atomic E-state index is -0.580. The number of hydrogen-bond acceptors (Lipinski definition) is 3. The first-order valence-corrected chi connectivity index (χ1v) is 7.75.